The van der Waals surface area contributed by atoms with E-state index in [9.17, 15) is 4.79 Å². The van der Waals surface area contributed by atoms with Crippen LogP contribution in [0, 0.1) is 0 Å². The lowest BCUT2D eigenvalue weighted by molar-refractivity contribution is 0.0600. The Morgan fingerprint density at radius 3 is 2.59 bits per heavy atom. The Hall–Kier alpha value is -2.05. The second kappa shape index (κ2) is 7.90. The predicted octanol–water partition coefficient (Wildman–Crippen LogP) is 3.43. The van der Waals surface area contributed by atoms with Gasteiger partial charge in [0.15, 0.2) is 11.5 Å². The zero-order valence-corrected chi connectivity index (χ0v) is 16.8. The van der Waals surface area contributed by atoms with Crippen LogP contribution in [0.1, 0.15) is 33.6 Å². The summed E-state index contributed by atoms with van der Waals surface area (Å²) < 4.78 is 10.6. The topological polar surface area (TPSA) is 42.0 Å². The molecule has 0 atom stereocenters. The highest BCUT2D eigenvalue weighted by Crippen LogP contribution is 2.30. The van der Waals surface area contributed by atoms with Gasteiger partial charge in [-0.15, -0.1) is 11.3 Å². The van der Waals surface area contributed by atoms with Crippen LogP contribution in [0.5, 0.6) is 11.5 Å². The fraction of sp³-hybridized carbons (Fsp3) is 0.476. The van der Waals surface area contributed by atoms with Crippen LogP contribution in [-0.4, -0.2) is 55.6 Å². The monoisotopic (exact) mass is 386 g/mol. The van der Waals surface area contributed by atoms with Crippen molar-refractivity contribution < 1.29 is 14.3 Å². The Bertz CT molecular complexity index is 812. The lowest BCUT2D eigenvalue weighted by Gasteiger charge is -2.40. The fourth-order valence-electron chi connectivity index (χ4n) is 4.17. The van der Waals surface area contributed by atoms with Crippen molar-refractivity contribution in [2.75, 3.05) is 33.9 Å². The number of benzene rings is 1. The van der Waals surface area contributed by atoms with E-state index >= 15 is 0 Å². The summed E-state index contributed by atoms with van der Waals surface area (Å²) in [4.78, 5) is 19.0. The van der Waals surface area contributed by atoms with E-state index in [-0.39, 0.29) is 5.91 Å². The van der Waals surface area contributed by atoms with E-state index in [0.29, 0.717) is 23.1 Å². The van der Waals surface area contributed by atoms with Gasteiger partial charge in [-0.3, -0.25) is 9.69 Å². The maximum Gasteiger partial charge on any atom is 0.253 e. The van der Waals surface area contributed by atoms with Gasteiger partial charge in [-0.25, -0.2) is 0 Å². The molecule has 2 aliphatic rings. The average molecular weight is 387 g/mol. The average Bonchev–Trinajstić information content (AvgIpc) is 3.20. The van der Waals surface area contributed by atoms with Crippen molar-refractivity contribution in [3.63, 3.8) is 0 Å². The molecule has 1 amide bonds. The molecule has 0 spiro atoms. The van der Waals surface area contributed by atoms with Gasteiger partial charge in [0.05, 0.1) is 14.2 Å². The Kier molecular flexibility index (Phi) is 5.36. The first-order valence-electron chi connectivity index (χ1n) is 9.50. The molecule has 2 aromatic rings. The number of nitrogens with zero attached hydrogens (tertiary/aromatic N) is 2. The number of methoxy groups -OCH3 is 2. The van der Waals surface area contributed by atoms with Gasteiger partial charge in [-0.2, -0.15) is 0 Å². The highest BCUT2D eigenvalue weighted by atomic mass is 32.1. The molecule has 0 bridgehead atoms. The van der Waals surface area contributed by atoms with Crippen LogP contribution in [0.2, 0.25) is 0 Å². The van der Waals surface area contributed by atoms with Crippen molar-refractivity contribution in [3.8, 4) is 11.5 Å². The van der Waals surface area contributed by atoms with Crippen LogP contribution in [0.25, 0.3) is 0 Å². The maximum atomic E-state index is 12.9. The molecule has 4 rings (SSSR count). The summed E-state index contributed by atoms with van der Waals surface area (Å²) in [5, 5.41) is 2.21. The van der Waals surface area contributed by atoms with E-state index in [1.165, 1.54) is 5.56 Å². The smallest absolute Gasteiger partial charge is 0.253 e. The summed E-state index contributed by atoms with van der Waals surface area (Å²) in [6.07, 6.45) is 3.24. The molecule has 1 aromatic carbocycles. The van der Waals surface area contributed by atoms with Crippen molar-refractivity contribution in [3.05, 3.63) is 45.6 Å². The highest BCUT2D eigenvalue weighted by molar-refractivity contribution is 7.10. The number of carbonyl (C=O) groups is 1. The third-order valence-electron chi connectivity index (χ3n) is 5.74. The lowest BCUT2D eigenvalue weighted by Crippen LogP contribution is -2.47. The number of likely N-dealkylation sites (tertiary alicyclic amines) is 1. The molecule has 5 nitrogen and oxygen atoms in total. The molecule has 144 valence electrons. The molecular weight excluding hydrogens is 360 g/mol. The molecule has 1 aromatic heterocycles. The number of piperidine rings is 1. The minimum absolute atomic E-state index is 0.0770. The van der Waals surface area contributed by atoms with Gasteiger partial charge in [0.2, 0.25) is 0 Å². The minimum atomic E-state index is 0.0770. The number of hydrogen-bond acceptors (Lipinski definition) is 5. The van der Waals surface area contributed by atoms with Gasteiger partial charge < -0.3 is 14.4 Å². The van der Waals surface area contributed by atoms with Crippen molar-refractivity contribution in [1.82, 2.24) is 9.80 Å². The molecule has 0 radical (unpaired) electrons. The van der Waals surface area contributed by atoms with Gasteiger partial charge in [0, 0.05) is 42.7 Å². The number of ether oxygens (including phenoxy) is 2. The molecule has 0 N–H and O–H groups in total. The summed E-state index contributed by atoms with van der Waals surface area (Å²) >= 11 is 1.88. The van der Waals surface area contributed by atoms with E-state index in [4.69, 9.17) is 9.47 Å². The zero-order valence-electron chi connectivity index (χ0n) is 15.9. The Morgan fingerprint density at radius 2 is 1.85 bits per heavy atom. The lowest BCUT2D eigenvalue weighted by atomic mass is 9.99. The molecule has 6 heteroatoms. The van der Waals surface area contributed by atoms with Crippen LogP contribution in [0.4, 0.5) is 0 Å². The first kappa shape index (κ1) is 18.3. The summed E-state index contributed by atoms with van der Waals surface area (Å²) in [6, 6.07) is 8.23. The van der Waals surface area contributed by atoms with Crippen LogP contribution < -0.4 is 9.47 Å². The van der Waals surface area contributed by atoms with E-state index in [2.05, 4.69) is 16.3 Å². The first-order valence-corrected chi connectivity index (χ1v) is 10.4. The predicted molar refractivity (Wildman–Crippen MR) is 107 cm³/mol. The molecule has 0 aliphatic carbocycles. The highest BCUT2D eigenvalue weighted by Gasteiger charge is 2.29. The van der Waals surface area contributed by atoms with E-state index in [1.54, 1.807) is 31.2 Å². The van der Waals surface area contributed by atoms with Crippen LogP contribution in [0.15, 0.2) is 29.6 Å². The van der Waals surface area contributed by atoms with Crippen LogP contribution >= 0.6 is 11.3 Å². The molecule has 2 aliphatic heterocycles. The normalized spacial score (nSPS) is 18.2. The molecule has 0 saturated carbocycles. The summed E-state index contributed by atoms with van der Waals surface area (Å²) in [7, 11) is 3.19. The van der Waals surface area contributed by atoms with Crippen LogP contribution in [0.3, 0.4) is 0 Å². The molecular formula is C21H26N2O3S. The van der Waals surface area contributed by atoms with Gasteiger partial charge >= 0.3 is 0 Å². The van der Waals surface area contributed by atoms with Crippen LogP contribution in [-0.2, 0) is 13.0 Å². The Balaban J connectivity index is 1.37. The van der Waals surface area contributed by atoms with Gasteiger partial charge in [0.1, 0.15) is 0 Å². The molecule has 1 fully saturated rings. The van der Waals surface area contributed by atoms with E-state index in [1.807, 2.05) is 22.3 Å². The van der Waals surface area contributed by atoms with Crippen molar-refractivity contribution >= 4 is 17.2 Å². The summed E-state index contributed by atoms with van der Waals surface area (Å²) in [5.41, 5.74) is 2.15. The molecule has 0 unspecified atom stereocenters. The third-order valence-corrected chi connectivity index (χ3v) is 6.76. The van der Waals surface area contributed by atoms with Gasteiger partial charge in [-0.1, -0.05) is 0 Å². The number of carbonyl (C=O) groups excluding carboxylic acids is 1. The number of thiophene rings is 1. The second-order valence-corrected chi connectivity index (χ2v) is 8.18. The zero-order chi connectivity index (χ0) is 18.8. The molecule has 27 heavy (non-hydrogen) atoms. The van der Waals surface area contributed by atoms with E-state index in [0.717, 1.165) is 45.4 Å². The van der Waals surface area contributed by atoms with Gasteiger partial charge in [-0.05, 0) is 54.5 Å². The quantitative estimate of drug-likeness (QED) is 0.807. The van der Waals surface area contributed by atoms with Crippen molar-refractivity contribution in [1.29, 1.82) is 0 Å². The number of fused-ring (bicyclic) bond motifs is 1. The first-order chi connectivity index (χ1) is 13.2. The third kappa shape index (κ3) is 3.69. The number of rotatable bonds is 4. The van der Waals surface area contributed by atoms with E-state index < -0.39 is 0 Å². The SMILES string of the molecule is COc1ccc(C(=O)N2CCC(N3CCc4sccc4C3)CC2)cc1OC. The maximum absolute atomic E-state index is 12.9. The van der Waals surface area contributed by atoms with Crippen molar-refractivity contribution in [2.45, 2.75) is 31.8 Å². The largest absolute Gasteiger partial charge is 0.493 e. The standard InChI is InChI=1S/C21H26N2O3S/c1-25-18-4-3-15(13-19(18)26-2)21(24)22-9-5-17(6-10-22)23-11-7-20-16(14-23)8-12-27-20/h3-4,8,12-13,17H,5-7,9-11,14H2,1-2H3. The molecule has 3 heterocycles. The second-order valence-electron chi connectivity index (χ2n) is 7.18. The number of amides is 1. The fourth-order valence-corrected chi connectivity index (χ4v) is 5.06. The van der Waals surface area contributed by atoms with Crippen molar-refractivity contribution in [2.24, 2.45) is 0 Å². The Morgan fingerprint density at radius 1 is 1.07 bits per heavy atom. The summed E-state index contributed by atoms with van der Waals surface area (Å²) in [6.45, 7) is 3.82. The number of hydrogen-bond donors (Lipinski definition) is 0. The minimum Gasteiger partial charge on any atom is -0.493 e. The Labute approximate surface area is 164 Å². The van der Waals surface area contributed by atoms with Gasteiger partial charge in [0.25, 0.3) is 5.91 Å². The molecule has 1 saturated heterocycles. The summed E-state index contributed by atoms with van der Waals surface area (Å²) in [5.74, 6) is 1.32.